The second-order valence-corrected chi connectivity index (χ2v) is 20.8. The summed E-state index contributed by atoms with van der Waals surface area (Å²) in [6.07, 6.45) is 7.03. The summed E-state index contributed by atoms with van der Waals surface area (Å²) < 4.78 is 24.8. The van der Waals surface area contributed by atoms with Crippen molar-refractivity contribution in [3.8, 4) is 68.2 Å². The highest BCUT2D eigenvalue weighted by Crippen LogP contribution is 2.50. The molecule has 424 valence electrons. The van der Waals surface area contributed by atoms with Crippen molar-refractivity contribution in [3.05, 3.63) is 315 Å². The predicted molar refractivity (Wildman–Crippen MR) is 351 cm³/mol. The Kier molecular flexibility index (Phi) is 17.3. The molecule has 0 aliphatic heterocycles. The Labute approximate surface area is 501 Å². The van der Waals surface area contributed by atoms with Gasteiger partial charge in [-0.05, 0) is 149 Å². The van der Waals surface area contributed by atoms with Crippen LogP contribution < -0.4 is 18.9 Å². The number of phenolic OH excluding ortho intramolecular Hbond substituents is 4. The zero-order chi connectivity index (χ0) is 59.5. The van der Waals surface area contributed by atoms with E-state index in [-0.39, 0.29) is 28.9 Å². The third kappa shape index (κ3) is 12.1. The molecule has 0 atom stereocenters. The third-order valence-electron chi connectivity index (χ3n) is 15.3. The maximum absolute atomic E-state index is 11.2. The Morgan fingerprint density at radius 2 is 0.628 bits per heavy atom. The van der Waals surface area contributed by atoms with Gasteiger partial charge in [0, 0.05) is 34.1 Å². The summed E-state index contributed by atoms with van der Waals surface area (Å²) in [5, 5.41) is 49.9. The van der Waals surface area contributed by atoms with Crippen LogP contribution in [0.4, 0.5) is 0 Å². The summed E-state index contributed by atoms with van der Waals surface area (Å²) in [5.74, 6) is 2.69. The van der Waals surface area contributed by atoms with Crippen molar-refractivity contribution in [2.45, 2.75) is 11.8 Å². The zero-order valence-corrected chi connectivity index (χ0v) is 47.5. The van der Waals surface area contributed by atoms with Crippen molar-refractivity contribution >= 4 is 43.1 Å². The van der Waals surface area contributed by atoms with Gasteiger partial charge in [0.2, 0.25) is 0 Å². The van der Waals surface area contributed by atoms with Crippen LogP contribution in [0.1, 0.15) is 45.2 Å². The van der Waals surface area contributed by atoms with Gasteiger partial charge in [0.15, 0.2) is 0 Å². The van der Waals surface area contributed by atoms with E-state index < -0.39 is 5.92 Å². The summed E-state index contributed by atoms with van der Waals surface area (Å²) in [5.41, 5.74) is 9.71. The number of rotatable bonds is 20. The molecular weight excluding hydrogens is 1060 g/mol. The smallest absolute Gasteiger partial charge is 0.124 e. The van der Waals surface area contributed by atoms with Crippen LogP contribution in [0.3, 0.4) is 0 Å². The highest BCUT2D eigenvalue weighted by Gasteiger charge is 2.30. The molecule has 12 rings (SSSR count). The molecule has 12 aromatic rings. The van der Waals surface area contributed by atoms with E-state index >= 15 is 0 Å². The lowest BCUT2D eigenvalue weighted by Crippen LogP contribution is -2.11. The van der Waals surface area contributed by atoms with E-state index in [1.165, 1.54) is 0 Å². The fourth-order valence-corrected chi connectivity index (χ4v) is 11.5. The molecule has 0 bridgehead atoms. The van der Waals surface area contributed by atoms with Gasteiger partial charge in [0.1, 0.15) is 72.4 Å². The van der Waals surface area contributed by atoms with Gasteiger partial charge in [0.25, 0.3) is 0 Å². The van der Waals surface area contributed by atoms with Crippen LogP contribution in [0.5, 0.6) is 46.0 Å². The molecular formula is C78H64O8. The van der Waals surface area contributed by atoms with Crippen LogP contribution in [0, 0.1) is 0 Å². The van der Waals surface area contributed by atoms with Crippen LogP contribution in [0.25, 0.3) is 65.3 Å². The van der Waals surface area contributed by atoms with Gasteiger partial charge in [-0.25, -0.2) is 0 Å². The van der Waals surface area contributed by atoms with Crippen LogP contribution in [-0.4, -0.2) is 46.9 Å². The monoisotopic (exact) mass is 1130 g/mol. The SMILES string of the molecule is C=CCOc1ccc2c(C(c3ccc(-c4ccccc4)cc3)c3c(OCC=C)ccc4cc(OCC=C)ccc34)c(OCC=C)ccc2c1.Oc1ccc2c(C(c3ccc(-c4ccccc4)cc3)c3c(O)ccc4cc(O)ccc34)c(O)ccc2c1. The van der Waals surface area contributed by atoms with E-state index in [1.54, 1.807) is 85.0 Å². The quantitative estimate of drug-likeness (QED) is 0.0440. The lowest BCUT2D eigenvalue weighted by atomic mass is 9.79. The standard InChI is InChI=1S/C45H40O4.C33H24O4/c1-5-26-46-37-20-22-39-35(30-37)18-24-41(48-28-7-3)44(39)43(34-16-14-33(15-17-34)32-12-10-9-11-13-32)45-40-23-21-38(47-27-6-2)31-36(40)19-25-42(45)49-29-8-4;34-25-12-14-27-23(18-25)10-16-29(36)32(27)31(22-8-6-21(7-9-22)20-4-2-1-3-5-20)33-28-15-13-26(35)19-24(28)11-17-30(33)37/h5-25,30-31,43H,1-4,26-29H2;1-19,31,34-37H. The van der Waals surface area contributed by atoms with Gasteiger partial charge < -0.3 is 39.4 Å². The molecule has 0 aromatic heterocycles. The molecule has 0 radical (unpaired) electrons. The third-order valence-corrected chi connectivity index (χ3v) is 15.3. The van der Waals surface area contributed by atoms with Gasteiger partial charge in [-0.3, -0.25) is 0 Å². The number of ether oxygens (including phenoxy) is 4. The van der Waals surface area contributed by atoms with Gasteiger partial charge >= 0.3 is 0 Å². The van der Waals surface area contributed by atoms with Gasteiger partial charge in [0.05, 0.1) is 0 Å². The molecule has 4 N–H and O–H groups in total. The number of hydrogen-bond acceptors (Lipinski definition) is 8. The van der Waals surface area contributed by atoms with E-state index in [1.807, 2.05) is 72.8 Å². The average Bonchev–Trinajstić information content (AvgIpc) is 1.24. The van der Waals surface area contributed by atoms with E-state index in [9.17, 15) is 20.4 Å². The minimum absolute atomic E-state index is 0.0884. The van der Waals surface area contributed by atoms with Crippen LogP contribution in [-0.2, 0) is 0 Å². The van der Waals surface area contributed by atoms with E-state index in [0.717, 1.165) is 111 Å². The summed E-state index contributed by atoms with van der Waals surface area (Å²) in [6.45, 7) is 17.0. The van der Waals surface area contributed by atoms with Crippen molar-refractivity contribution < 1.29 is 39.4 Å². The lowest BCUT2D eigenvalue weighted by Gasteiger charge is -2.27. The molecule has 0 aliphatic carbocycles. The molecule has 8 heteroatoms. The fraction of sp³-hybridized carbons (Fsp3) is 0.0769. The Morgan fingerprint density at radius 1 is 0.302 bits per heavy atom. The van der Waals surface area contributed by atoms with Crippen molar-refractivity contribution in [2.75, 3.05) is 26.4 Å². The number of fused-ring (bicyclic) bond motifs is 4. The van der Waals surface area contributed by atoms with Crippen molar-refractivity contribution in [1.29, 1.82) is 0 Å². The molecule has 0 unspecified atom stereocenters. The molecule has 0 spiro atoms. The first-order valence-electron chi connectivity index (χ1n) is 28.4. The van der Waals surface area contributed by atoms with Crippen LogP contribution >= 0.6 is 0 Å². The van der Waals surface area contributed by atoms with Gasteiger partial charge in [-0.15, -0.1) is 0 Å². The summed E-state index contributed by atoms with van der Waals surface area (Å²) in [4.78, 5) is 0. The van der Waals surface area contributed by atoms with Gasteiger partial charge in [-0.1, -0.05) is 208 Å². The normalized spacial score (nSPS) is 11.1. The molecule has 0 heterocycles. The highest BCUT2D eigenvalue weighted by atomic mass is 16.5. The molecule has 8 nitrogen and oxygen atoms in total. The second kappa shape index (κ2) is 26.1. The molecule has 0 saturated heterocycles. The summed E-state index contributed by atoms with van der Waals surface area (Å²) in [7, 11) is 0. The second-order valence-electron chi connectivity index (χ2n) is 20.8. The number of benzene rings is 12. The predicted octanol–water partition coefficient (Wildman–Crippen LogP) is 18.8. The van der Waals surface area contributed by atoms with Crippen molar-refractivity contribution in [2.24, 2.45) is 0 Å². The Balaban J connectivity index is 0.000000185. The molecule has 0 saturated carbocycles. The number of phenols is 4. The van der Waals surface area contributed by atoms with E-state index in [0.29, 0.717) is 37.6 Å². The molecule has 12 aromatic carbocycles. The Hall–Kier alpha value is -11.0. The molecule has 0 fully saturated rings. The first-order valence-corrected chi connectivity index (χ1v) is 28.4. The molecule has 0 aliphatic rings. The first kappa shape index (κ1) is 56.9. The highest BCUT2D eigenvalue weighted by molar-refractivity contribution is 5.97. The fourth-order valence-electron chi connectivity index (χ4n) is 11.5. The van der Waals surface area contributed by atoms with Crippen molar-refractivity contribution in [3.63, 3.8) is 0 Å². The topological polar surface area (TPSA) is 118 Å². The van der Waals surface area contributed by atoms with Crippen LogP contribution in [0.15, 0.2) is 281 Å². The first-order chi connectivity index (χ1) is 42.1. The Bertz CT molecular complexity index is 4220. The Morgan fingerprint density at radius 3 is 1.02 bits per heavy atom. The van der Waals surface area contributed by atoms with Crippen molar-refractivity contribution in [1.82, 2.24) is 0 Å². The minimum Gasteiger partial charge on any atom is -0.508 e. The van der Waals surface area contributed by atoms with Crippen LogP contribution in [0.2, 0.25) is 0 Å². The maximum atomic E-state index is 11.2. The summed E-state index contributed by atoms with van der Waals surface area (Å²) in [6, 6.07) is 74.9. The van der Waals surface area contributed by atoms with E-state index in [2.05, 4.69) is 123 Å². The summed E-state index contributed by atoms with van der Waals surface area (Å²) >= 11 is 0. The lowest BCUT2D eigenvalue weighted by molar-refractivity contribution is 0.354. The zero-order valence-electron chi connectivity index (χ0n) is 47.5. The minimum atomic E-state index is -0.536. The largest absolute Gasteiger partial charge is 0.508 e. The average molecular weight is 1130 g/mol. The van der Waals surface area contributed by atoms with Gasteiger partial charge in [-0.2, -0.15) is 0 Å². The molecule has 86 heavy (non-hydrogen) atoms. The maximum Gasteiger partial charge on any atom is 0.124 e. The van der Waals surface area contributed by atoms with E-state index in [4.69, 9.17) is 18.9 Å². The number of aromatic hydroxyl groups is 4. The molecule has 0 amide bonds. The number of hydrogen-bond donors (Lipinski definition) is 4.